The fourth-order valence-corrected chi connectivity index (χ4v) is 9.30. The molecule has 8 nitrogen and oxygen atoms in total. The molecule has 0 saturated heterocycles. The zero-order valence-corrected chi connectivity index (χ0v) is 23.9. The number of methoxy groups -OCH3 is 2. The van der Waals surface area contributed by atoms with Crippen LogP contribution < -0.4 is 10.6 Å². The summed E-state index contributed by atoms with van der Waals surface area (Å²) in [4.78, 5) is 48.9. The van der Waals surface area contributed by atoms with Crippen molar-refractivity contribution in [3.63, 3.8) is 0 Å². The third-order valence-corrected chi connectivity index (χ3v) is 12.5. The molecule has 2 rings (SSSR count). The van der Waals surface area contributed by atoms with Crippen LogP contribution in [-0.2, 0) is 41.5 Å². The summed E-state index contributed by atoms with van der Waals surface area (Å²) in [6, 6.07) is 17.5. The van der Waals surface area contributed by atoms with Crippen molar-refractivity contribution >= 4 is 50.0 Å². The predicted octanol–water partition coefficient (Wildman–Crippen LogP) is 1.73. The van der Waals surface area contributed by atoms with Crippen LogP contribution in [0.25, 0.3) is 0 Å². The molecule has 0 saturated carbocycles. The SMILES string of the molecule is COC(=O)[C@H](Cc1ccccc1)NC(=O)CC[Se][Se]CCC(=O)N[C@H](Cc1ccccc1)C(=O)OC. The topological polar surface area (TPSA) is 111 Å². The molecule has 0 heterocycles. The van der Waals surface area contributed by atoms with Gasteiger partial charge in [-0.2, -0.15) is 0 Å². The van der Waals surface area contributed by atoms with Crippen molar-refractivity contribution in [3.8, 4) is 0 Å². The second kappa shape index (κ2) is 16.9. The normalized spacial score (nSPS) is 12.2. The first-order valence-electron chi connectivity index (χ1n) is 11.5. The van der Waals surface area contributed by atoms with Crippen molar-refractivity contribution in [2.75, 3.05) is 14.2 Å². The average molecular weight is 626 g/mol. The first-order valence-corrected chi connectivity index (χ1v) is 18.2. The van der Waals surface area contributed by atoms with Crippen LogP contribution in [0, 0.1) is 0 Å². The molecule has 2 atom stereocenters. The fourth-order valence-electron chi connectivity index (χ4n) is 3.29. The van der Waals surface area contributed by atoms with Crippen molar-refractivity contribution < 1.29 is 28.7 Å². The second-order valence-corrected chi connectivity index (χ2v) is 15.7. The summed E-state index contributed by atoms with van der Waals surface area (Å²) in [5.41, 5.74) is 1.88. The van der Waals surface area contributed by atoms with Crippen LogP contribution in [-0.4, -0.2) is 76.3 Å². The van der Waals surface area contributed by atoms with Crippen LogP contribution in [0.2, 0.25) is 10.6 Å². The average Bonchev–Trinajstić information content (AvgIpc) is 2.90. The van der Waals surface area contributed by atoms with Gasteiger partial charge >= 0.3 is 224 Å². The number of amides is 2. The Bertz CT molecular complexity index is 895. The summed E-state index contributed by atoms with van der Waals surface area (Å²) >= 11 is 0.493. The molecule has 2 aromatic rings. The molecular formula is C26H32N2O6Se2. The number of esters is 2. The number of carbonyl (C=O) groups excluding carboxylic acids is 4. The maximum atomic E-state index is 12.4. The third-order valence-electron chi connectivity index (χ3n) is 5.12. The zero-order valence-electron chi connectivity index (χ0n) is 20.4. The Morgan fingerprint density at radius 3 is 1.36 bits per heavy atom. The van der Waals surface area contributed by atoms with Crippen molar-refractivity contribution in [2.24, 2.45) is 0 Å². The van der Waals surface area contributed by atoms with Gasteiger partial charge in [-0.25, -0.2) is 0 Å². The van der Waals surface area contributed by atoms with Gasteiger partial charge in [0, 0.05) is 0 Å². The van der Waals surface area contributed by atoms with E-state index >= 15 is 0 Å². The Balaban J connectivity index is 1.67. The van der Waals surface area contributed by atoms with E-state index in [1.54, 1.807) is 0 Å². The van der Waals surface area contributed by atoms with Gasteiger partial charge < -0.3 is 0 Å². The van der Waals surface area contributed by atoms with Gasteiger partial charge in [-0.15, -0.1) is 0 Å². The molecule has 10 heteroatoms. The number of rotatable bonds is 15. The summed E-state index contributed by atoms with van der Waals surface area (Å²) in [6.45, 7) is 0. The quantitative estimate of drug-likeness (QED) is 0.177. The Hall–Kier alpha value is -2.64. The molecule has 2 aromatic carbocycles. The molecule has 2 amide bonds. The van der Waals surface area contributed by atoms with Crippen LogP contribution in [0.3, 0.4) is 0 Å². The molecule has 0 radical (unpaired) electrons. The Morgan fingerprint density at radius 1 is 0.667 bits per heavy atom. The molecule has 0 unspecified atom stereocenters. The van der Waals surface area contributed by atoms with E-state index in [9.17, 15) is 19.2 Å². The fraction of sp³-hybridized carbons (Fsp3) is 0.385. The molecule has 0 aromatic heterocycles. The van der Waals surface area contributed by atoms with Gasteiger partial charge in [0.25, 0.3) is 0 Å². The molecular weight excluding hydrogens is 594 g/mol. The standard InChI is InChI=1S/C26H32N2O6Se2/c1-33-25(31)21(17-19-9-5-3-6-10-19)27-23(29)13-15-35-36-16-14-24(30)28-22(26(32)34-2)18-20-11-7-4-8-12-20/h3-12,21-22H,13-18H2,1-2H3,(H,27,29)(H,28,30)/t21-,22+. The monoisotopic (exact) mass is 628 g/mol. The Labute approximate surface area is 223 Å². The van der Waals surface area contributed by atoms with Crippen molar-refractivity contribution in [1.29, 1.82) is 0 Å². The molecule has 36 heavy (non-hydrogen) atoms. The van der Waals surface area contributed by atoms with E-state index in [2.05, 4.69) is 10.6 Å². The third kappa shape index (κ3) is 11.4. The van der Waals surface area contributed by atoms with Crippen LogP contribution in [0.1, 0.15) is 24.0 Å². The maximum absolute atomic E-state index is 12.4. The minimum absolute atomic E-state index is 0.182. The van der Waals surface area contributed by atoms with Gasteiger partial charge in [-0.05, 0) is 0 Å². The molecule has 0 aliphatic heterocycles. The van der Waals surface area contributed by atoms with Crippen LogP contribution >= 0.6 is 0 Å². The summed E-state index contributed by atoms with van der Waals surface area (Å²) in [5.74, 6) is -1.30. The number of nitrogens with one attached hydrogen (secondary N) is 2. The molecule has 194 valence electrons. The van der Waals surface area contributed by atoms with Crippen LogP contribution in [0.5, 0.6) is 0 Å². The Morgan fingerprint density at radius 2 is 1.03 bits per heavy atom. The van der Waals surface area contributed by atoms with Gasteiger partial charge in [0.1, 0.15) is 0 Å². The molecule has 2 N–H and O–H groups in total. The van der Waals surface area contributed by atoms with Crippen molar-refractivity contribution in [2.45, 2.75) is 48.4 Å². The summed E-state index contributed by atoms with van der Waals surface area (Å²) in [6.07, 6.45) is 1.41. The van der Waals surface area contributed by atoms with E-state index in [0.717, 1.165) is 21.8 Å². The van der Waals surface area contributed by atoms with Gasteiger partial charge in [0.05, 0.1) is 0 Å². The van der Waals surface area contributed by atoms with Gasteiger partial charge in [-0.1, -0.05) is 0 Å². The number of ether oxygens (including phenoxy) is 2. The summed E-state index contributed by atoms with van der Waals surface area (Å²) in [5, 5.41) is 7.03. The molecule has 0 aliphatic carbocycles. The van der Waals surface area contributed by atoms with E-state index in [1.165, 1.54) is 14.2 Å². The first-order chi connectivity index (χ1) is 17.4. The summed E-state index contributed by atoms with van der Waals surface area (Å²) < 4.78 is 9.67. The van der Waals surface area contributed by atoms with E-state index in [-0.39, 0.29) is 38.1 Å². The summed E-state index contributed by atoms with van der Waals surface area (Å²) in [7, 11) is 2.62. The molecule has 0 spiro atoms. The van der Waals surface area contributed by atoms with Gasteiger partial charge in [0.15, 0.2) is 0 Å². The number of benzene rings is 2. The molecule has 0 aliphatic rings. The predicted molar refractivity (Wildman–Crippen MR) is 139 cm³/mol. The van der Waals surface area contributed by atoms with E-state index in [4.69, 9.17) is 9.47 Å². The zero-order chi connectivity index (χ0) is 26.2. The van der Waals surface area contributed by atoms with Crippen LogP contribution in [0.15, 0.2) is 60.7 Å². The first kappa shape index (κ1) is 29.6. The van der Waals surface area contributed by atoms with Crippen molar-refractivity contribution in [3.05, 3.63) is 71.8 Å². The van der Waals surface area contributed by atoms with Crippen molar-refractivity contribution in [1.82, 2.24) is 10.6 Å². The van der Waals surface area contributed by atoms with Crippen LogP contribution in [0.4, 0.5) is 0 Å². The van der Waals surface area contributed by atoms with Gasteiger partial charge in [0.2, 0.25) is 0 Å². The van der Waals surface area contributed by atoms with Gasteiger partial charge in [-0.3, -0.25) is 0 Å². The number of hydrogen-bond donors (Lipinski definition) is 2. The molecule has 0 bridgehead atoms. The molecule has 0 fully saturated rings. The number of carbonyl (C=O) groups is 4. The second-order valence-electron chi connectivity index (χ2n) is 7.81. The van der Waals surface area contributed by atoms with E-state index < -0.39 is 24.0 Å². The Kier molecular flexibility index (Phi) is 13.9. The minimum atomic E-state index is -0.717. The van der Waals surface area contributed by atoms with E-state index in [0.29, 0.717) is 25.7 Å². The number of hydrogen-bond acceptors (Lipinski definition) is 6. The van der Waals surface area contributed by atoms with E-state index in [1.807, 2.05) is 60.7 Å².